The smallest absolute Gasteiger partial charge is 0.458 e. The maximum absolute atomic E-state index is 12.7. The molecule has 0 fully saturated rings. The summed E-state index contributed by atoms with van der Waals surface area (Å²) in [5.74, 6) is -1.29. The highest BCUT2D eigenvalue weighted by molar-refractivity contribution is 6.32. The van der Waals surface area contributed by atoms with Gasteiger partial charge in [-0.15, -0.1) is 0 Å². The first kappa shape index (κ1) is 22.3. The van der Waals surface area contributed by atoms with Crippen molar-refractivity contribution in [1.29, 1.82) is 0 Å². The fourth-order valence-electron chi connectivity index (χ4n) is 2.14. The molecule has 0 radical (unpaired) electrons. The predicted molar refractivity (Wildman–Crippen MR) is 95.6 cm³/mol. The molecule has 2 aromatic rings. The predicted octanol–water partition coefficient (Wildman–Crippen LogP) is 5.09. The lowest BCUT2D eigenvalue weighted by molar-refractivity contribution is -0.593. The molecule has 2 rings (SSSR count). The molecule has 0 aromatic heterocycles. The van der Waals surface area contributed by atoms with Gasteiger partial charge in [0.25, 0.3) is 0 Å². The molecular weight excluding hydrogens is 419 g/mol. The van der Waals surface area contributed by atoms with E-state index in [-0.39, 0.29) is 28.9 Å². The highest BCUT2D eigenvalue weighted by Gasteiger charge is 2.51. The van der Waals surface area contributed by atoms with Crippen molar-refractivity contribution in [3.05, 3.63) is 63.2 Å². The Morgan fingerprint density at radius 1 is 1.17 bits per heavy atom. The van der Waals surface area contributed by atoms with E-state index in [2.05, 4.69) is 4.74 Å². The Bertz CT molecular complexity index is 921. The lowest BCUT2D eigenvalue weighted by atomic mass is 10.2. The molecule has 0 aliphatic heterocycles. The van der Waals surface area contributed by atoms with Gasteiger partial charge in [-0.1, -0.05) is 17.7 Å². The van der Waals surface area contributed by atoms with Crippen LogP contribution in [0.3, 0.4) is 0 Å². The van der Waals surface area contributed by atoms with E-state index in [9.17, 15) is 28.1 Å². The summed E-state index contributed by atoms with van der Waals surface area (Å²) in [6.45, 7) is 2.34. The highest BCUT2D eigenvalue weighted by Crippen LogP contribution is 2.37. The third-order valence-corrected chi connectivity index (χ3v) is 3.91. The average Bonchev–Trinajstić information content (AvgIpc) is 2.62. The van der Waals surface area contributed by atoms with E-state index in [0.29, 0.717) is 6.07 Å². The quantitative estimate of drug-likeness (QED) is 0.262. The van der Waals surface area contributed by atoms with Gasteiger partial charge in [-0.3, -0.25) is 10.1 Å². The van der Waals surface area contributed by atoms with Gasteiger partial charge in [-0.25, -0.2) is 4.79 Å². The van der Waals surface area contributed by atoms with Gasteiger partial charge in [-0.05, 0) is 37.3 Å². The minimum absolute atomic E-state index is 0.0683. The number of carbonyl (C=O) groups excluding carboxylic acids is 1. The standard InChI is InChI=1S/C18H15ClF3NO6/c1-3-27-16(24)17(2,23(25)26)29-13-6-4-5-12(10-13)28-15-8-7-11(9-14(15)19)18(20,21)22/h4-10H,3H2,1-2H3. The maximum atomic E-state index is 12.7. The van der Waals surface area contributed by atoms with Crippen LogP contribution in [0.25, 0.3) is 0 Å². The molecule has 7 nitrogen and oxygen atoms in total. The van der Waals surface area contributed by atoms with Crippen LogP contribution in [0.15, 0.2) is 42.5 Å². The SMILES string of the molecule is CCOC(=O)C(C)(Oc1cccc(Oc2ccc(C(F)(F)F)cc2Cl)c1)[N+](=O)[O-]. The number of rotatable bonds is 7. The van der Waals surface area contributed by atoms with E-state index >= 15 is 0 Å². The molecule has 0 N–H and O–H groups in total. The Morgan fingerprint density at radius 2 is 1.83 bits per heavy atom. The topological polar surface area (TPSA) is 87.9 Å². The molecule has 0 bridgehead atoms. The van der Waals surface area contributed by atoms with Gasteiger partial charge in [0.15, 0.2) is 0 Å². The lowest BCUT2D eigenvalue weighted by Crippen LogP contribution is -2.50. The summed E-state index contributed by atoms with van der Waals surface area (Å²) < 4.78 is 53.5. The minimum Gasteiger partial charge on any atom is -0.458 e. The van der Waals surface area contributed by atoms with Gasteiger partial charge in [0.05, 0.1) is 29.0 Å². The van der Waals surface area contributed by atoms with Crippen LogP contribution in [-0.4, -0.2) is 23.2 Å². The summed E-state index contributed by atoms with van der Waals surface area (Å²) >= 11 is 5.84. The molecule has 0 heterocycles. The van der Waals surface area contributed by atoms with E-state index in [4.69, 9.17) is 21.1 Å². The summed E-state index contributed by atoms with van der Waals surface area (Å²) in [5.41, 5.74) is -3.44. The van der Waals surface area contributed by atoms with Gasteiger partial charge >= 0.3 is 17.9 Å². The van der Waals surface area contributed by atoms with E-state index < -0.39 is 28.4 Å². The normalized spacial score (nSPS) is 13.3. The third-order valence-electron chi connectivity index (χ3n) is 3.61. The van der Waals surface area contributed by atoms with Crippen LogP contribution in [0, 0.1) is 10.1 Å². The molecule has 2 aromatic carbocycles. The van der Waals surface area contributed by atoms with Crippen molar-refractivity contribution in [3.8, 4) is 17.2 Å². The van der Waals surface area contributed by atoms with Crippen molar-refractivity contribution in [2.24, 2.45) is 0 Å². The molecule has 0 aliphatic carbocycles. The van der Waals surface area contributed by atoms with Crippen molar-refractivity contribution in [2.45, 2.75) is 25.7 Å². The molecule has 156 valence electrons. The third kappa shape index (κ3) is 5.29. The number of nitrogens with zero attached hydrogens (tertiary/aromatic N) is 1. The summed E-state index contributed by atoms with van der Waals surface area (Å²) in [7, 11) is 0. The van der Waals surface area contributed by atoms with Gasteiger partial charge in [-0.2, -0.15) is 13.2 Å². The van der Waals surface area contributed by atoms with Crippen molar-refractivity contribution < 1.29 is 37.1 Å². The van der Waals surface area contributed by atoms with Crippen molar-refractivity contribution in [2.75, 3.05) is 6.61 Å². The van der Waals surface area contributed by atoms with Crippen LogP contribution in [0.1, 0.15) is 19.4 Å². The van der Waals surface area contributed by atoms with Crippen LogP contribution in [0.4, 0.5) is 13.2 Å². The Labute approximate surface area is 168 Å². The van der Waals surface area contributed by atoms with Crippen molar-refractivity contribution in [3.63, 3.8) is 0 Å². The maximum Gasteiger partial charge on any atom is 0.458 e. The second-order valence-electron chi connectivity index (χ2n) is 5.78. The second kappa shape index (κ2) is 8.56. The van der Waals surface area contributed by atoms with Crippen LogP contribution in [0.2, 0.25) is 5.02 Å². The van der Waals surface area contributed by atoms with Crippen LogP contribution < -0.4 is 9.47 Å². The van der Waals surface area contributed by atoms with Crippen LogP contribution in [0.5, 0.6) is 17.2 Å². The fourth-order valence-corrected chi connectivity index (χ4v) is 2.36. The molecule has 0 amide bonds. The Morgan fingerprint density at radius 3 is 2.38 bits per heavy atom. The molecule has 0 saturated carbocycles. The number of benzene rings is 2. The Hall–Kier alpha value is -3.01. The van der Waals surface area contributed by atoms with Gasteiger partial charge in [0.1, 0.15) is 17.2 Å². The van der Waals surface area contributed by atoms with E-state index in [0.717, 1.165) is 19.1 Å². The summed E-state index contributed by atoms with van der Waals surface area (Å²) in [4.78, 5) is 22.3. The summed E-state index contributed by atoms with van der Waals surface area (Å²) in [6, 6.07) is 7.94. The second-order valence-corrected chi connectivity index (χ2v) is 6.19. The zero-order valence-corrected chi connectivity index (χ0v) is 15.9. The van der Waals surface area contributed by atoms with Gasteiger partial charge < -0.3 is 14.2 Å². The largest absolute Gasteiger partial charge is 0.458 e. The summed E-state index contributed by atoms with van der Waals surface area (Å²) in [6.07, 6.45) is -4.56. The first-order chi connectivity index (χ1) is 13.5. The molecule has 0 aliphatic rings. The number of hydrogen-bond donors (Lipinski definition) is 0. The molecule has 1 atom stereocenters. The average molecular weight is 434 g/mol. The van der Waals surface area contributed by atoms with E-state index in [1.54, 1.807) is 0 Å². The minimum atomic E-state index is -4.56. The Balaban J connectivity index is 2.26. The number of halogens is 4. The number of esters is 1. The van der Waals surface area contributed by atoms with E-state index in [1.807, 2.05) is 0 Å². The molecule has 1 unspecified atom stereocenters. The van der Waals surface area contributed by atoms with Gasteiger partial charge in [0, 0.05) is 6.07 Å². The Kier molecular flexibility index (Phi) is 6.58. The lowest BCUT2D eigenvalue weighted by Gasteiger charge is -2.20. The van der Waals surface area contributed by atoms with Crippen molar-refractivity contribution >= 4 is 17.6 Å². The number of alkyl halides is 3. The fraction of sp³-hybridized carbons (Fsp3) is 0.278. The zero-order chi connectivity index (χ0) is 21.8. The molecule has 29 heavy (non-hydrogen) atoms. The van der Waals surface area contributed by atoms with Crippen LogP contribution >= 0.6 is 11.6 Å². The number of hydrogen-bond acceptors (Lipinski definition) is 6. The van der Waals surface area contributed by atoms with Gasteiger partial charge in [0.2, 0.25) is 0 Å². The molecule has 0 spiro atoms. The van der Waals surface area contributed by atoms with Crippen LogP contribution in [-0.2, 0) is 15.7 Å². The zero-order valence-electron chi connectivity index (χ0n) is 15.2. The first-order valence-corrected chi connectivity index (χ1v) is 8.50. The molecule has 0 saturated heterocycles. The first-order valence-electron chi connectivity index (χ1n) is 8.12. The molecular formula is C18H15ClF3NO6. The summed E-state index contributed by atoms with van der Waals surface area (Å²) in [5, 5.41) is 11.0. The number of ether oxygens (including phenoxy) is 3. The van der Waals surface area contributed by atoms with E-state index in [1.165, 1.54) is 31.2 Å². The number of nitro groups is 1. The number of carbonyl (C=O) groups is 1. The monoisotopic (exact) mass is 433 g/mol. The van der Waals surface area contributed by atoms with Crippen molar-refractivity contribution in [1.82, 2.24) is 0 Å². The molecule has 11 heteroatoms. The highest BCUT2D eigenvalue weighted by atomic mass is 35.5.